The third-order valence-corrected chi connectivity index (χ3v) is 4.03. The SMILES string of the molecule is CC(C)CCCNC(=O)Cc1ccc(CC(=O)NCCNC(C)C)cc1. The molecular formula is C21H35N3O2. The molecule has 0 aromatic heterocycles. The third-order valence-electron chi connectivity index (χ3n) is 4.03. The summed E-state index contributed by atoms with van der Waals surface area (Å²) in [5, 5.41) is 9.13. The molecule has 3 N–H and O–H groups in total. The normalized spacial score (nSPS) is 11.0. The van der Waals surface area contributed by atoms with E-state index in [1.165, 1.54) is 0 Å². The van der Waals surface area contributed by atoms with Crippen LogP contribution in [-0.4, -0.2) is 37.5 Å². The van der Waals surface area contributed by atoms with Crippen molar-refractivity contribution in [3.63, 3.8) is 0 Å². The first kappa shape index (κ1) is 22.2. The van der Waals surface area contributed by atoms with E-state index < -0.39 is 0 Å². The van der Waals surface area contributed by atoms with E-state index in [-0.39, 0.29) is 11.8 Å². The van der Waals surface area contributed by atoms with Gasteiger partial charge < -0.3 is 16.0 Å². The Morgan fingerprint density at radius 1 is 0.808 bits per heavy atom. The molecule has 0 atom stereocenters. The highest BCUT2D eigenvalue weighted by atomic mass is 16.2. The Labute approximate surface area is 158 Å². The summed E-state index contributed by atoms with van der Waals surface area (Å²) >= 11 is 0. The Hall–Kier alpha value is -1.88. The van der Waals surface area contributed by atoms with Crippen LogP contribution >= 0.6 is 0 Å². The number of carbonyl (C=O) groups is 2. The molecule has 0 heterocycles. The minimum Gasteiger partial charge on any atom is -0.356 e. The van der Waals surface area contributed by atoms with Crippen LogP contribution in [-0.2, 0) is 22.4 Å². The largest absolute Gasteiger partial charge is 0.356 e. The van der Waals surface area contributed by atoms with E-state index in [1.54, 1.807) is 0 Å². The summed E-state index contributed by atoms with van der Waals surface area (Å²) in [6.45, 7) is 10.7. The van der Waals surface area contributed by atoms with Crippen molar-refractivity contribution in [1.29, 1.82) is 0 Å². The Balaban J connectivity index is 2.27. The van der Waals surface area contributed by atoms with Gasteiger partial charge in [-0.3, -0.25) is 9.59 Å². The number of benzene rings is 1. The lowest BCUT2D eigenvalue weighted by atomic mass is 10.1. The first-order chi connectivity index (χ1) is 12.4. The Morgan fingerprint density at radius 2 is 1.31 bits per heavy atom. The highest BCUT2D eigenvalue weighted by molar-refractivity contribution is 5.79. The monoisotopic (exact) mass is 361 g/mol. The highest BCUT2D eigenvalue weighted by Crippen LogP contribution is 2.06. The molecule has 0 aliphatic carbocycles. The van der Waals surface area contributed by atoms with Gasteiger partial charge in [0.15, 0.2) is 0 Å². The lowest BCUT2D eigenvalue weighted by Crippen LogP contribution is -2.35. The summed E-state index contributed by atoms with van der Waals surface area (Å²) in [7, 11) is 0. The lowest BCUT2D eigenvalue weighted by Gasteiger charge is -2.09. The molecule has 5 heteroatoms. The maximum atomic E-state index is 11.9. The van der Waals surface area contributed by atoms with Gasteiger partial charge in [0.2, 0.25) is 11.8 Å². The van der Waals surface area contributed by atoms with E-state index in [0.717, 1.165) is 37.1 Å². The maximum absolute atomic E-state index is 11.9. The quantitative estimate of drug-likeness (QED) is 0.501. The second-order valence-corrected chi connectivity index (χ2v) is 7.51. The first-order valence-corrected chi connectivity index (χ1v) is 9.71. The van der Waals surface area contributed by atoms with Crippen LogP contribution in [0.2, 0.25) is 0 Å². The smallest absolute Gasteiger partial charge is 0.224 e. The molecule has 0 saturated carbocycles. The summed E-state index contributed by atoms with van der Waals surface area (Å²) in [5.41, 5.74) is 1.93. The molecule has 1 aromatic rings. The van der Waals surface area contributed by atoms with Gasteiger partial charge in [-0.2, -0.15) is 0 Å². The minimum absolute atomic E-state index is 0.0196. The van der Waals surface area contributed by atoms with Gasteiger partial charge in [0, 0.05) is 25.7 Å². The molecule has 0 spiro atoms. The average Bonchev–Trinajstić information content (AvgIpc) is 2.57. The molecule has 2 amide bonds. The topological polar surface area (TPSA) is 70.2 Å². The van der Waals surface area contributed by atoms with Crippen LogP contribution in [0.3, 0.4) is 0 Å². The summed E-state index contributed by atoms with van der Waals surface area (Å²) in [6, 6.07) is 8.13. The number of carbonyl (C=O) groups excluding carboxylic acids is 2. The van der Waals surface area contributed by atoms with Gasteiger partial charge >= 0.3 is 0 Å². The summed E-state index contributed by atoms with van der Waals surface area (Å²) in [6.07, 6.45) is 2.90. The zero-order chi connectivity index (χ0) is 19.4. The van der Waals surface area contributed by atoms with Crippen LogP contribution in [0.15, 0.2) is 24.3 Å². The first-order valence-electron chi connectivity index (χ1n) is 9.71. The molecule has 0 radical (unpaired) electrons. The fourth-order valence-electron chi connectivity index (χ4n) is 2.57. The molecule has 0 aliphatic heterocycles. The van der Waals surface area contributed by atoms with Gasteiger partial charge in [0.05, 0.1) is 12.8 Å². The van der Waals surface area contributed by atoms with E-state index in [0.29, 0.717) is 31.3 Å². The van der Waals surface area contributed by atoms with Crippen molar-refractivity contribution in [2.24, 2.45) is 5.92 Å². The number of rotatable bonds is 12. The second kappa shape index (κ2) is 12.5. The number of nitrogens with one attached hydrogen (secondary N) is 3. The van der Waals surface area contributed by atoms with Crippen LogP contribution in [0.5, 0.6) is 0 Å². The standard InChI is InChI=1S/C21H35N3O2/c1-16(2)6-5-11-23-20(25)14-18-7-9-19(10-8-18)15-21(26)24-13-12-22-17(3)4/h7-10,16-17,22H,5-6,11-15H2,1-4H3,(H,23,25)(H,24,26). The van der Waals surface area contributed by atoms with E-state index in [2.05, 4.69) is 43.6 Å². The van der Waals surface area contributed by atoms with E-state index >= 15 is 0 Å². The van der Waals surface area contributed by atoms with Crippen LogP contribution in [0.4, 0.5) is 0 Å². The van der Waals surface area contributed by atoms with Gasteiger partial charge in [-0.05, 0) is 29.9 Å². The van der Waals surface area contributed by atoms with Crippen molar-refractivity contribution < 1.29 is 9.59 Å². The Kier molecular flexibility index (Phi) is 10.6. The molecule has 5 nitrogen and oxygen atoms in total. The van der Waals surface area contributed by atoms with Gasteiger partial charge in [-0.1, -0.05) is 52.0 Å². The van der Waals surface area contributed by atoms with Crippen LogP contribution < -0.4 is 16.0 Å². The van der Waals surface area contributed by atoms with Crippen molar-refractivity contribution in [2.45, 2.75) is 59.4 Å². The van der Waals surface area contributed by atoms with Crippen LogP contribution in [0.1, 0.15) is 51.7 Å². The lowest BCUT2D eigenvalue weighted by molar-refractivity contribution is -0.121. The zero-order valence-electron chi connectivity index (χ0n) is 16.7. The van der Waals surface area contributed by atoms with Crippen molar-refractivity contribution in [2.75, 3.05) is 19.6 Å². The maximum Gasteiger partial charge on any atom is 0.224 e. The van der Waals surface area contributed by atoms with Gasteiger partial charge in [0.25, 0.3) is 0 Å². The molecular weight excluding hydrogens is 326 g/mol. The van der Waals surface area contributed by atoms with E-state index in [4.69, 9.17) is 0 Å². The van der Waals surface area contributed by atoms with Gasteiger partial charge in [0.1, 0.15) is 0 Å². The van der Waals surface area contributed by atoms with E-state index in [9.17, 15) is 9.59 Å². The predicted molar refractivity (Wildman–Crippen MR) is 107 cm³/mol. The molecule has 146 valence electrons. The molecule has 0 bridgehead atoms. The third kappa shape index (κ3) is 10.9. The molecule has 1 rings (SSSR count). The van der Waals surface area contributed by atoms with Crippen molar-refractivity contribution in [3.05, 3.63) is 35.4 Å². The minimum atomic E-state index is 0.0196. The molecule has 0 saturated heterocycles. The average molecular weight is 362 g/mol. The van der Waals surface area contributed by atoms with Crippen molar-refractivity contribution in [1.82, 2.24) is 16.0 Å². The van der Waals surface area contributed by atoms with Gasteiger partial charge in [-0.25, -0.2) is 0 Å². The Morgan fingerprint density at radius 3 is 1.77 bits per heavy atom. The second-order valence-electron chi connectivity index (χ2n) is 7.51. The number of hydrogen-bond acceptors (Lipinski definition) is 3. The number of amides is 2. The van der Waals surface area contributed by atoms with E-state index in [1.807, 2.05) is 24.3 Å². The summed E-state index contributed by atoms with van der Waals surface area (Å²) < 4.78 is 0. The molecule has 26 heavy (non-hydrogen) atoms. The molecule has 0 fully saturated rings. The Bertz CT molecular complexity index is 490. The van der Waals surface area contributed by atoms with Crippen molar-refractivity contribution >= 4 is 11.8 Å². The predicted octanol–water partition coefficient (Wildman–Crippen LogP) is 2.44. The molecule has 0 aliphatic rings. The molecule has 1 aromatic carbocycles. The highest BCUT2D eigenvalue weighted by Gasteiger charge is 2.06. The summed E-state index contributed by atoms with van der Waals surface area (Å²) in [4.78, 5) is 23.8. The fraction of sp³-hybridized carbons (Fsp3) is 0.619. The fourth-order valence-corrected chi connectivity index (χ4v) is 2.57. The number of hydrogen-bond donors (Lipinski definition) is 3. The van der Waals surface area contributed by atoms with Crippen molar-refractivity contribution in [3.8, 4) is 0 Å². The van der Waals surface area contributed by atoms with Crippen LogP contribution in [0.25, 0.3) is 0 Å². The zero-order valence-corrected chi connectivity index (χ0v) is 16.7. The molecule has 0 unspecified atom stereocenters. The summed E-state index contributed by atoms with van der Waals surface area (Å²) in [5.74, 6) is 0.742. The van der Waals surface area contributed by atoms with Crippen LogP contribution in [0, 0.1) is 5.92 Å². The van der Waals surface area contributed by atoms with Gasteiger partial charge in [-0.15, -0.1) is 0 Å².